The molecule has 0 atom stereocenters. The minimum atomic E-state index is 0.194. The molecule has 0 aliphatic carbocycles. The first-order valence-corrected chi connectivity index (χ1v) is 7.41. The molecule has 2 rings (SSSR count). The first-order chi connectivity index (χ1) is 9.80. The highest BCUT2D eigenvalue weighted by Gasteiger charge is 2.18. The number of piperidine rings is 1. The standard InChI is InChI=1S/C16H25NO3/c1-19-15-12-14(17-8-4-3-5-9-17)16(20-2)11-13(15)7-6-10-18/h11-12,18H,3-10H2,1-2H3. The highest BCUT2D eigenvalue weighted by Crippen LogP contribution is 2.37. The van der Waals surface area contributed by atoms with Crippen LogP contribution in [-0.4, -0.2) is 39.0 Å². The molecule has 0 aromatic heterocycles. The Balaban J connectivity index is 2.30. The summed E-state index contributed by atoms with van der Waals surface area (Å²) in [5, 5.41) is 9.00. The van der Waals surface area contributed by atoms with Gasteiger partial charge in [-0.3, -0.25) is 0 Å². The number of hydrogen-bond acceptors (Lipinski definition) is 4. The normalized spacial score (nSPS) is 15.2. The van der Waals surface area contributed by atoms with Crippen LogP contribution >= 0.6 is 0 Å². The van der Waals surface area contributed by atoms with E-state index in [0.717, 1.165) is 48.7 Å². The lowest BCUT2D eigenvalue weighted by Gasteiger charge is -2.30. The van der Waals surface area contributed by atoms with Crippen LogP contribution in [-0.2, 0) is 6.42 Å². The van der Waals surface area contributed by atoms with E-state index in [1.165, 1.54) is 19.3 Å². The molecular formula is C16H25NO3. The fraction of sp³-hybridized carbons (Fsp3) is 0.625. The maximum atomic E-state index is 9.00. The number of aliphatic hydroxyl groups is 1. The van der Waals surface area contributed by atoms with Crippen molar-refractivity contribution >= 4 is 5.69 Å². The van der Waals surface area contributed by atoms with Crippen LogP contribution in [0.1, 0.15) is 31.2 Å². The zero-order valence-corrected chi connectivity index (χ0v) is 12.5. The zero-order chi connectivity index (χ0) is 14.4. The molecule has 112 valence electrons. The molecule has 1 aliphatic rings. The van der Waals surface area contributed by atoms with Crippen LogP contribution in [0.2, 0.25) is 0 Å². The van der Waals surface area contributed by atoms with Crippen molar-refractivity contribution in [2.75, 3.05) is 38.8 Å². The van der Waals surface area contributed by atoms with Crippen LogP contribution < -0.4 is 14.4 Å². The summed E-state index contributed by atoms with van der Waals surface area (Å²) in [5.41, 5.74) is 2.22. The van der Waals surface area contributed by atoms with Gasteiger partial charge in [0.25, 0.3) is 0 Å². The Bertz CT molecular complexity index is 428. The van der Waals surface area contributed by atoms with Gasteiger partial charge < -0.3 is 19.5 Å². The van der Waals surface area contributed by atoms with E-state index in [4.69, 9.17) is 14.6 Å². The summed E-state index contributed by atoms with van der Waals surface area (Å²) < 4.78 is 11.1. The molecule has 0 spiro atoms. The maximum Gasteiger partial charge on any atom is 0.142 e. The summed E-state index contributed by atoms with van der Waals surface area (Å²) in [7, 11) is 3.41. The predicted octanol–water partition coefficient (Wildman–Crippen LogP) is 2.62. The third kappa shape index (κ3) is 3.37. The molecule has 1 fully saturated rings. The molecule has 1 heterocycles. The van der Waals surface area contributed by atoms with E-state index in [2.05, 4.69) is 17.0 Å². The monoisotopic (exact) mass is 279 g/mol. The molecule has 1 saturated heterocycles. The minimum absolute atomic E-state index is 0.194. The number of aliphatic hydroxyl groups excluding tert-OH is 1. The Labute approximate surface area is 121 Å². The Morgan fingerprint density at radius 2 is 1.75 bits per heavy atom. The zero-order valence-electron chi connectivity index (χ0n) is 12.5. The van der Waals surface area contributed by atoms with Gasteiger partial charge >= 0.3 is 0 Å². The van der Waals surface area contributed by atoms with Crippen molar-refractivity contribution in [1.29, 1.82) is 0 Å². The number of benzene rings is 1. The topological polar surface area (TPSA) is 41.9 Å². The summed E-state index contributed by atoms with van der Waals surface area (Å²) in [6, 6.07) is 4.13. The summed E-state index contributed by atoms with van der Waals surface area (Å²) in [6.45, 7) is 2.35. The number of hydrogen-bond donors (Lipinski definition) is 1. The Morgan fingerprint density at radius 1 is 1.05 bits per heavy atom. The van der Waals surface area contributed by atoms with E-state index >= 15 is 0 Å². The molecule has 0 saturated carbocycles. The smallest absolute Gasteiger partial charge is 0.142 e. The van der Waals surface area contributed by atoms with Gasteiger partial charge in [0.05, 0.1) is 19.9 Å². The van der Waals surface area contributed by atoms with Crippen molar-refractivity contribution in [3.8, 4) is 11.5 Å². The molecular weight excluding hydrogens is 254 g/mol. The number of nitrogens with zero attached hydrogens (tertiary/aromatic N) is 1. The van der Waals surface area contributed by atoms with Gasteiger partial charge in [0.15, 0.2) is 0 Å². The number of rotatable bonds is 6. The van der Waals surface area contributed by atoms with Crippen LogP contribution in [0.25, 0.3) is 0 Å². The van der Waals surface area contributed by atoms with E-state index in [-0.39, 0.29) is 6.61 Å². The fourth-order valence-corrected chi connectivity index (χ4v) is 2.79. The van der Waals surface area contributed by atoms with Crippen molar-refractivity contribution in [1.82, 2.24) is 0 Å². The highest BCUT2D eigenvalue weighted by molar-refractivity contribution is 5.64. The van der Waals surface area contributed by atoms with Crippen molar-refractivity contribution < 1.29 is 14.6 Å². The molecule has 1 aromatic carbocycles. The van der Waals surface area contributed by atoms with Gasteiger partial charge in [-0.1, -0.05) is 0 Å². The van der Waals surface area contributed by atoms with Gasteiger partial charge in [0, 0.05) is 25.8 Å². The van der Waals surface area contributed by atoms with Gasteiger partial charge in [-0.25, -0.2) is 0 Å². The van der Waals surface area contributed by atoms with E-state index in [1.807, 2.05) is 0 Å². The van der Waals surface area contributed by atoms with E-state index in [9.17, 15) is 0 Å². The number of methoxy groups -OCH3 is 2. The van der Waals surface area contributed by atoms with Crippen molar-refractivity contribution in [2.24, 2.45) is 0 Å². The molecule has 1 N–H and O–H groups in total. The van der Waals surface area contributed by atoms with E-state index in [1.54, 1.807) is 14.2 Å². The van der Waals surface area contributed by atoms with E-state index < -0.39 is 0 Å². The molecule has 4 heteroatoms. The van der Waals surface area contributed by atoms with Gasteiger partial charge in [-0.05, 0) is 43.7 Å². The number of anilines is 1. The molecule has 0 unspecified atom stereocenters. The van der Waals surface area contributed by atoms with Gasteiger partial charge in [-0.2, -0.15) is 0 Å². The van der Waals surface area contributed by atoms with E-state index in [0.29, 0.717) is 0 Å². The van der Waals surface area contributed by atoms with Crippen LogP contribution in [0.15, 0.2) is 12.1 Å². The lowest BCUT2D eigenvalue weighted by Crippen LogP contribution is -2.29. The third-order valence-corrected chi connectivity index (χ3v) is 3.88. The highest BCUT2D eigenvalue weighted by atomic mass is 16.5. The number of aryl methyl sites for hydroxylation is 1. The molecule has 0 bridgehead atoms. The summed E-state index contributed by atoms with van der Waals surface area (Å²) in [4.78, 5) is 2.38. The quantitative estimate of drug-likeness (QED) is 0.869. The minimum Gasteiger partial charge on any atom is -0.496 e. The van der Waals surface area contributed by atoms with Crippen molar-refractivity contribution in [3.05, 3.63) is 17.7 Å². The fourth-order valence-electron chi connectivity index (χ4n) is 2.79. The second kappa shape index (κ2) is 7.39. The van der Waals surface area contributed by atoms with Crippen LogP contribution in [0.4, 0.5) is 5.69 Å². The molecule has 4 nitrogen and oxygen atoms in total. The SMILES string of the molecule is COc1cc(N2CCCCC2)c(OC)cc1CCCO. The summed E-state index contributed by atoms with van der Waals surface area (Å²) in [5.74, 6) is 1.79. The van der Waals surface area contributed by atoms with Gasteiger partial charge in [0.2, 0.25) is 0 Å². The third-order valence-electron chi connectivity index (χ3n) is 3.88. The van der Waals surface area contributed by atoms with Crippen molar-refractivity contribution in [3.63, 3.8) is 0 Å². The lowest BCUT2D eigenvalue weighted by molar-refractivity contribution is 0.287. The second-order valence-electron chi connectivity index (χ2n) is 5.21. The molecule has 0 radical (unpaired) electrons. The molecule has 1 aromatic rings. The number of ether oxygens (including phenoxy) is 2. The first-order valence-electron chi connectivity index (χ1n) is 7.41. The largest absolute Gasteiger partial charge is 0.496 e. The predicted molar refractivity (Wildman–Crippen MR) is 81.0 cm³/mol. The first kappa shape index (κ1) is 15.0. The summed E-state index contributed by atoms with van der Waals surface area (Å²) >= 11 is 0. The Kier molecular flexibility index (Phi) is 5.53. The average Bonchev–Trinajstić information content (AvgIpc) is 2.52. The molecule has 20 heavy (non-hydrogen) atoms. The average molecular weight is 279 g/mol. The lowest BCUT2D eigenvalue weighted by atomic mass is 10.0. The maximum absolute atomic E-state index is 9.00. The van der Waals surface area contributed by atoms with Crippen LogP contribution in [0.5, 0.6) is 11.5 Å². The molecule has 1 aliphatic heterocycles. The second-order valence-corrected chi connectivity index (χ2v) is 5.21. The summed E-state index contributed by atoms with van der Waals surface area (Å²) in [6.07, 6.45) is 5.32. The van der Waals surface area contributed by atoms with Gasteiger partial charge in [0.1, 0.15) is 11.5 Å². The Hall–Kier alpha value is -1.42. The molecule has 0 amide bonds. The van der Waals surface area contributed by atoms with Crippen LogP contribution in [0, 0.1) is 0 Å². The van der Waals surface area contributed by atoms with Crippen molar-refractivity contribution in [2.45, 2.75) is 32.1 Å². The Morgan fingerprint density at radius 3 is 2.35 bits per heavy atom. The van der Waals surface area contributed by atoms with Gasteiger partial charge in [-0.15, -0.1) is 0 Å². The van der Waals surface area contributed by atoms with Crippen LogP contribution in [0.3, 0.4) is 0 Å².